The van der Waals surface area contributed by atoms with Crippen LogP contribution in [0.1, 0.15) is 12.3 Å². The SMILES string of the molecule is O=C(CCc1ncc(-c2c(F)cccc2F)o1)N1CCN(S(=O)(=O)c2cccc(Cl)c2)CC1. The summed E-state index contributed by atoms with van der Waals surface area (Å²) in [5, 5.41) is 0.331. The minimum absolute atomic E-state index is 0.0483. The summed E-state index contributed by atoms with van der Waals surface area (Å²) in [6.07, 6.45) is 1.44. The Hall–Kier alpha value is -2.82. The Kier molecular flexibility index (Phi) is 6.78. The van der Waals surface area contributed by atoms with E-state index in [2.05, 4.69) is 4.98 Å². The second kappa shape index (κ2) is 9.58. The van der Waals surface area contributed by atoms with E-state index in [9.17, 15) is 22.0 Å². The smallest absolute Gasteiger partial charge is 0.243 e. The van der Waals surface area contributed by atoms with E-state index in [1.165, 1.54) is 28.7 Å². The van der Waals surface area contributed by atoms with Crippen molar-refractivity contribution in [3.05, 3.63) is 71.2 Å². The fraction of sp³-hybridized carbons (Fsp3) is 0.273. The van der Waals surface area contributed by atoms with Gasteiger partial charge in [-0.1, -0.05) is 23.7 Å². The number of aromatic nitrogens is 1. The number of piperazine rings is 1. The van der Waals surface area contributed by atoms with E-state index < -0.39 is 21.7 Å². The molecule has 0 bridgehead atoms. The number of rotatable bonds is 6. The summed E-state index contributed by atoms with van der Waals surface area (Å²) in [5.74, 6) is -1.58. The van der Waals surface area contributed by atoms with E-state index in [1.54, 1.807) is 17.0 Å². The first-order valence-corrected chi connectivity index (χ1v) is 12.0. The third-order valence-electron chi connectivity index (χ3n) is 5.34. The molecule has 1 fully saturated rings. The fourth-order valence-electron chi connectivity index (χ4n) is 3.60. The normalized spacial score (nSPS) is 15.1. The van der Waals surface area contributed by atoms with Gasteiger partial charge in [-0.25, -0.2) is 22.2 Å². The monoisotopic (exact) mass is 495 g/mol. The molecule has 0 atom stereocenters. The molecular formula is C22H20ClF2N3O4S. The molecule has 0 aliphatic carbocycles. The molecule has 1 aliphatic heterocycles. The van der Waals surface area contributed by atoms with Crippen molar-refractivity contribution < 1.29 is 26.4 Å². The van der Waals surface area contributed by atoms with Crippen molar-refractivity contribution in [2.24, 2.45) is 0 Å². The van der Waals surface area contributed by atoms with Crippen LogP contribution in [0.4, 0.5) is 8.78 Å². The highest BCUT2D eigenvalue weighted by Gasteiger charge is 2.30. The van der Waals surface area contributed by atoms with Gasteiger partial charge in [-0.2, -0.15) is 4.31 Å². The summed E-state index contributed by atoms with van der Waals surface area (Å²) in [7, 11) is -3.69. The number of hydrogen-bond donors (Lipinski definition) is 0. The molecule has 0 saturated carbocycles. The number of oxazole rings is 1. The van der Waals surface area contributed by atoms with E-state index in [-0.39, 0.29) is 67.0 Å². The van der Waals surface area contributed by atoms with Crippen LogP contribution >= 0.6 is 11.6 Å². The number of sulfonamides is 1. The van der Waals surface area contributed by atoms with Gasteiger partial charge in [0.25, 0.3) is 0 Å². The fourth-order valence-corrected chi connectivity index (χ4v) is 5.32. The summed E-state index contributed by atoms with van der Waals surface area (Å²) < 4.78 is 60.1. The number of carbonyl (C=O) groups is 1. The van der Waals surface area contributed by atoms with Crippen LogP contribution in [0.25, 0.3) is 11.3 Å². The highest BCUT2D eigenvalue weighted by atomic mass is 35.5. The van der Waals surface area contributed by atoms with E-state index in [0.29, 0.717) is 5.02 Å². The first-order valence-electron chi connectivity index (χ1n) is 10.2. The first-order chi connectivity index (χ1) is 15.8. The predicted molar refractivity (Wildman–Crippen MR) is 117 cm³/mol. The lowest BCUT2D eigenvalue weighted by molar-refractivity contribution is -0.132. The van der Waals surface area contributed by atoms with E-state index >= 15 is 0 Å². The summed E-state index contributed by atoms with van der Waals surface area (Å²) in [6.45, 7) is 0.818. The predicted octanol–water partition coefficient (Wildman–Crippen LogP) is 3.74. The third kappa shape index (κ3) is 5.07. The van der Waals surface area contributed by atoms with Crippen LogP contribution in [0, 0.1) is 11.6 Å². The van der Waals surface area contributed by atoms with Gasteiger partial charge in [0.15, 0.2) is 11.7 Å². The average molecular weight is 496 g/mol. The minimum atomic E-state index is -3.69. The maximum Gasteiger partial charge on any atom is 0.243 e. The molecule has 1 aliphatic rings. The van der Waals surface area contributed by atoms with Crippen molar-refractivity contribution in [1.29, 1.82) is 0 Å². The largest absolute Gasteiger partial charge is 0.441 e. The zero-order chi connectivity index (χ0) is 23.6. The Bertz CT molecular complexity index is 1250. The van der Waals surface area contributed by atoms with Crippen LogP contribution in [0.5, 0.6) is 0 Å². The second-order valence-corrected chi connectivity index (χ2v) is 9.83. The van der Waals surface area contributed by atoms with E-state index in [1.807, 2.05) is 0 Å². The van der Waals surface area contributed by atoms with Crippen LogP contribution < -0.4 is 0 Å². The quantitative estimate of drug-likeness (QED) is 0.520. The molecule has 11 heteroatoms. The van der Waals surface area contributed by atoms with Crippen LogP contribution in [0.15, 0.2) is 58.0 Å². The van der Waals surface area contributed by atoms with Gasteiger partial charge in [0.05, 0.1) is 16.7 Å². The summed E-state index contributed by atoms with van der Waals surface area (Å²) >= 11 is 5.91. The van der Waals surface area contributed by atoms with Crippen molar-refractivity contribution in [2.75, 3.05) is 26.2 Å². The average Bonchev–Trinajstić information content (AvgIpc) is 3.26. The summed E-state index contributed by atoms with van der Waals surface area (Å²) in [4.78, 5) is 18.3. The molecule has 1 amide bonds. The van der Waals surface area contributed by atoms with Gasteiger partial charge in [-0.15, -0.1) is 0 Å². The molecule has 0 unspecified atom stereocenters. The maximum atomic E-state index is 13.9. The van der Waals surface area contributed by atoms with Crippen LogP contribution in [0.3, 0.4) is 0 Å². The zero-order valence-corrected chi connectivity index (χ0v) is 19.0. The Morgan fingerprint density at radius 1 is 1.06 bits per heavy atom. The number of hydrogen-bond acceptors (Lipinski definition) is 5. The van der Waals surface area contributed by atoms with Crippen molar-refractivity contribution in [2.45, 2.75) is 17.7 Å². The van der Waals surface area contributed by atoms with Crippen molar-refractivity contribution >= 4 is 27.5 Å². The van der Waals surface area contributed by atoms with Gasteiger partial charge in [0, 0.05) is 44.0 Å². The highest BCUT2D eigenvalue weighted by Crippen LogP contribution is 2.27. The lowest BCUT2D eigenvalue weighted by atomic mass is 10.1. The van der Waals surface area contributed by atoms with Crippen LogP contribution in [-0.4, -0.2) is 54.7 Å². The standard InChI is InChI=1S/C22H20ClF2N3O4S/c23-15-3-1-4-16(13-15)33(30,31)28-11-9-27(10-12-28)21(29)8-7-20-26-14-19(32-20)22-17(24)5-2-6-18(22)25/h1-6,13-14H,7-12H2. The first kappa shape index (κ1) is 23.3. The number of nitrogens with zero attached hydrogens (tertiary/aromatic N) is 3. The van der Waals surface area contributed by atoms with Gasteiger partial charge in [0.2, 0.25) is 15.9 Å². The lowest BCUT2D eigenvalue weighted by Crippen LogP contribution is -2.50. The van der Waals surface area contributed by atoms with Crippen LogP contribution in [-0.2, 0) is 21.2 Å². The van der Waals surface area contributed by atoms with E-state index in [4.69, 9.17) is 16.0 Å². The number of aryl methyl sites for hydroxylation is 1. The van der Waals surface area contributed by atoms with Crippen LogP contribution in [0.2, 0.25) is 5.02 Å². The molecular weight excluding hydrogens is 476 g/mol. The molecule has 4 rings (SSSR count). The molecule has 3 aromatic rings. The third-order valence-corrected chi connectivity index (χ3v) is 7.47. The highest BCUT2D eigenvalue weighted by molar-refractivity contribution is 7.89. The molecule has 7 nitrogen and oxygen atoms in total. The minimum Gasteiger partial charge on any atom is -0.441 e. The topological polar surface area (TPSA) is 83.7 Å². The number of halogens is 3. The maximum absolute atomic E-state index is 13.9. The summed E-state index contributed by atoms with van der Waals surface area (Å²) in [6, 6.07) is 9.55. The number of benzene rings is 2. The molecule has 2 heterocycles. The molecule has 1 aromatic heterocycles. The van der Waals surface area contributed by atoms with Gasteiger partial charge < -0.3 is 9.32 Å². The summed E-state index contributed by atoms with van der Waals surface area (Å²) in [5.41, 5.74) is -0.306. The number of carbonyl (C=O) groups excluding carboxylic acids is 1. The van der Waals surface area contributed by atoms with Gasteiger partial charge in [-0.05, 0) is 30.3 Å². The van der Waals surface area contributed by atoms with E-state index in [0.717, 1.165) is 12.1 Å². The molecule has 0 radical (unpaired) electrons. The molecule has 174 valence electrons. The molecule has 1 saturated heterocycles. The van der Waals surface area contributed by atoms with Gasteiger partial charge in [0.1, 0.15) is 11.6 Å². The molecule has 0 N–H and O–H groups in total. The molecule has 33 heavy (non-hydrogen) atoms. The molecule has 2 aromatic carbocycles. The van der Waals surface area contributed by atoms with Gasteiger partial charge in [-0.3, -0.25) is 4.79 Å². The zero-order valence-electron chi connectivity index (χ0n) is 17.4. The lowest BCUT2D eigenvalue weighted by Gasteiger charge is -2.34. The van der Waals surface area contributed by atoms with Crippen molar-refractivity contribution in [1.82, 2.24) is 14.2 Å². The molecule has 0 spiro atoms. The Labute approximate surface area is 194 Å². The van der Waals surface area contributed by atoms with Crippen molar-refractivity contribution in [3.8, 4) is 11.3 Å². The Morgan fingerprint density at radius 3 is 2.39 bits per heavy atom. The number of amides is 1. The second-order valence-electron chi connectivity index (χ2n) is 7.46. The van der Waals surface area contributed by atoms with Gasteiger partial charge >= 0.3 is 0 Å². The van der Waals surface area contributed by atoms with Crippen molar-refractivity contribution in [3.63, 3.8) is 0 Å². The Morgan fingerprint density at radius 2 is 1.73 bits per heavy atom. The Balaban J connectivity index is 1.33.